The second-order valence-electron chi connectivity index (χ2n) is 7.56. The molecule has 6 nitrogen and oxygen atoms in total. The third kappa shape index (κ3) is 4.65. The largest absolute Gasteiger partial charge is 0.437 e. The number of benzene rings is 2. The Labute approximate surface area is 190 Å². The quantitative estimate of drug-likeness (QED) is 0.423. The van der Waals surface area contributed by atoms with Crippen LogP contribution in [0.1, 0.15) is 17.7 Å². The number of aromatic nitrogens is 1. The summed E-state index contributed by atoms with van der Waals surface area (Å²) in [5.74, 6) is -1.90. The normalized spacial score (nSPS) is 17.6. The van der Waals surface area contributed by atoms with Gasteiger partial charge in [0.15, 0.2) is 5.60 Å². The Morgan fingerprint density at radius 2 is 1.71 bits per heavy atom. The number of nitrogens with zero attached hydrogens (tertiary/aromatic N) is 1. The van der Waals surface area contributed by atoms with Gasteiger partial charge in [0, 0.05) is 23.4 Å². The molecule has 4 rings (SSSR count). The van der Waals surface area contributed by atoms with Crippen LogP contribution in [0.5, 0.6) is 11.6 Å². The van der Waals surface area contributed by atoms with Gasteiger partial charge in [-0.05, 0) is 61.5 Å². The monoisotopic (exact) mass is 479 g/mol. The summed E-state index contributed by atoms with van der Waals surface area (Å²) in [7, 11) is 0. The molecule has 0 aliphatic carbocycles. The van der Waals surface area contributed by atoms with Gasteiger partial charge in [-0.2, -0.15) is 13.2 Å². The molecule has 11 heteroatoms. The first-order valence-corrected chi connectivity index (χ1v) is 10.1. The van der Waals surface area contributed by atoms with Gasteiger partial charge in [0.25, 0.3) is 0 Å². The Kier molecular flexibility index (Phi) is 6.13. The van der Waals surface area contributed by atoms with E-state index in [1.807, 2.05) is 0 Å². The lowest BCUT2D eigenvalue weighted by Gasteiger charge is -2.43. The van der Waals surface area contributed by atoms with Crippen LogP contribution in [0.2, 0.25) is 0 Å². The number of anilines is 2. The number of amides is 2. The maximum absolute atomic E-state index is 13.9. The van der Waals surface area contributed by atoms with E-state index >= 15 is 0 Å². The summed E-state index contributed by atoms with van der Waals surface area (Å²) in [4.78, 5) is 16.6. The topological polar surface area (TPSA) is 72.5 Å². The second-order valence-corrected chi connectivity index (χ2v) is 7.56. The van der Waals surface area contributed by atoms with E-state index in [2.05, 4.69) is 15.6 Å². The summed E-state index contributed by atoms with van der Waals surface area (Å²) < 4.78 is 79.1. The lowest BCUT2D eigenvalue weighted by molar-refractivity contribution is -0.333. The first kappa shape index (κ1) is 23.4. The van der Waals surface area contributed by atoms with Crippen LogP contribution < -0.4 is 15.4 Å². The van der Waals surface area contributed by atoms with Gasteiger partial charge in [-0.1, -0.05) is 0 Å². The number of hydrogen-bond acceptors (Lipinski definition) is 4. The van der Waals surface area contributed by atoms with Crippen molar-refractivity contribution in [3.8, 4) is 11.6 Å². The average molecular weight is 479 g/mol. The van der Waals surface area contributed by atoms with Crippen LogP contribution in [0.3, 0.4) is 0 Å². The number of pyridine rings is 1. The molecule has 34 heavy (non-hydrogen) atoms. The lowest BCUT2D eigenvalue weighted by Crippen LogP contribution is -2.52. The van der Waals surface area contributed by atoms with Crippen LogP contribution in [-0.4, -0.2) is 23.8 Å². The summed E-state index contributed by atoms with van der Waals surface area (Å²) in [6, 6.07) is 10.0. The molecule has 178 valence electrons. The van der Waals surface area contributed by atoms with Gasteiger partial charge in [-0.25, -0.2) is 18.6 Å². The molecule has 2 N–H and O–H groups in total. The minimum Gasteiger partial charge on any atom is -0.437 e. The van der Waals surface area contributed by atoms with Gasteiger partial charge < -0.3 is 20.1 Å². The molecule has 0 spiro atoms. The van der Waals surface area contributed by atoms with Crippen LogP contribution in [0.4, 0.5) is 38.1 Å². The molecule has 2 amide bonds. The molecular weight excluding hydrogens is 461 g/mol. The Balaban J connectivity index is 1.63. The fraction of sp³-hybridized carbons (Fsp3) is 0.217. The number of aryl methyl sites for hydroxylation is 1. The van der Waals surface area contributed by atoms with Crippen molar-refractivity contribution < 1.29 is 36.2 Å². The number of ether oxygens (including phenoxy) is 2. The SMILES string of the molecule is Cc1ccc(NC(=O)Nc2ccc(F)cc2)c(Oc2ccc(F)cc2C2(C(F)(F)F)CCO2)n1. The van der Waals surface area contributed by atoms with Crippen LogP contribution in [0.15, 0.2) is 54.6 Å². The molecule has 1 aliphatic rings. The molecule has 1 aliphatic heterocycles. The fourth-order valence-electron chi connectivity index (χ4n) is 3.43. The molecule has 2 heterocycles. The van der Waals surface area contributed by atoms with Crippen molar-refractivity contribution in [1.82, 2.24) is 4.98 Å². The summed E-state index contributed by atoms with van der Waals surface area (Å²) in [6.07, 6.45) is -5.21. The number of carbonyl (C=O) groups is 1. The molecule has 0 saturated carbocycles. The molecule has 1 unspecified atom stereocenters. The first-order chi connectivity index (χ1) is 16.1. The maximum atomic E-state index is 13.9. The van der Waals surface area contributed by atoms with Crippen molar-refractivity contribution in [3.63, 3.8) is 0 Å². The van der Waals surface area contributed by atoms with E-state index in [-0.39, 0.29) is 23.9 Å². The van der Waals surface area contributed by atoms with Crippen molar-refractivity contribution in [3.05, 3.63) is 77.5 Å². The highest BCUT2D eigenvalue weighted by Crippen LogP contribution is 2.53. The zero-order valence-electron chi connectivity index (χ0n) is 17.7. The van der Waals surface area contributed by atoms with Gasteiger partial charge in [0.2, 0.25) is 5.88 Å². The molecule has 2 aromatic carbocycles. The van der Waals surface area contributed by atoms with Crippen molar-refractivity contribution >= 4 is 17.4 Å². The third-order valence-corrected chi connectivity index (χ3v) is 5.19. The number of nitrogens with one attached hydrogen (secondary N) is 2. The molecule has 1 atom stereocenters. The van der Waals surface area contributed by atoms with Crippen LogP contribution in [0, 0.1) is 18.6 Å². The van der Waals surface area contributed by atoms with Gasteiger partial charge >= 0.3 is 12.2 Å². The van der Waals surface area contributed by atoms with Gasteiger partial charge in [-0.3, -0.25) is 0 Å². The van der Waals surface area contributed by atoms with Crippen molar-refractivity contribution in [2.24, 2.45) is 0 Å². The van der Waals surface area contributed by atoms with Gasteiger partial charge in [-0.15, -0.1) is 0 Å². The van der Waals surface area contributed by atoms with E-state index < -0.39 is 41.4 Å². The van der Waals surface area contributed by atoms with Gasteiger partial charge in [0.1, 0.15) is 23.1 Å². The van der Waals surface area contributed by atoms with Crippen molar-refractivity contribution in [1.29, 1.82) is 0 Å². The molecule has 0 bridgehead atoms. The first-order valence-electron chi connectivity index (χ1n) is 10.1. The Morgan fingerprint density at radius 3 is 2.32 bits per heavy atom. The molecule has 3 aromatic rings. The highest BCUT2D eigenvalue weighted by molar-refractivity contribution is 6.00. The zero-order valence-corrected chi connectivity index (χ0v) is 17.7. The van der Waals surface area contributed by atoms with E-state index in [0.717, 1.165) is 24.3 Å². The Bertz CT molecular complexity index is 1210. The van der Waals surface area contributed by atoms with E-state index in [1.165, 1.54) is 18.2 Å². The molecular formula is C23H18F5N3O3. The minimum absolute atomic E-state index is 0.0380. The van der Waals surface area contributed by atoms with E-state index in [9.17, 15) is 26.7 Å². The second kappa shape index (κ2) is 8.90. The summed E-state index contributed by atoms with van der Waals surface area (Å²) >= 11 is 0. The Hall–Kier alpha value is -3.73. The predicted octanol–water partition coefficient (Wildman–Crippen LogP) is 6.28. The van der Waals surface area contributed by atoms with Crippen molar-refractivity contribution in [2.75, 3.05) is 17.2 Å². The van der Waals surface area contributed by atoms with Crippen LogP contribution in [-0.2, 0) is 10.3 Å². The standard InChI is InChI=1S/C23H18F5N3O3/c1-13-2-8-18(31-21(32)30-16-6-3-14(24)4-7-16)20(29-13)34-19-9-5-15(25)12-17(19)22(10-11-33-22)23(26,27)28/h2-9,12H,10-11H2,1H3,(H2,30,31,32). The van der Waals surface area contributed by atoms with E-state index in [0.29, 0.717) is 17.4 Å². The number of urea groups is 1. The van der Waals surface area contributed by atoms with E-state index in [4.69, 9.17) is 9.47 Å². The summed E-state index contributed by atoms with van der Waals surface area (Å²) in [6.45, 7) is 1.47. The highest BCUT2D eigenvalue weighted by atomic mass is 19.4. The molecule has 1 aromatic heterocycles. The Morgan fingerprint density at radius 1 is 1.03 bits per heavy atom. The smallest absolute Gasteiger partial charge is 0.421 e. The maximum Gasteiger partial charge on any atom is 0.421 e. The average Bonchev–Trinajstić information content (AvgIpc) is 2.71. The molecule has 0 radical (unpaired) electrons. The third-order valence-electron chi connectivity index (χ3n) is 5.19. The van der Waals surface area contributed by atoms with Gasteiger partial charge in [0.05, 0.1) is 6.61 Å². The zero-order chi connectivity index (χ0) is 24.5. The highest BCUT2D eigenvalue weighted by Gasteiger charge is 2.62. The molecule has 1 fully saturated rings. The molecule has 1 saturated heterocycles. The van der Waals surface area contributed by atoms with Crippen LogP contribution in [0.25, 0.3) is 0 Å². The number of rotatable bonds is 5. The van der Waals surface area contributed by atoms with Crippen LogP contribution >= 0.6 is 0 Å². The fourth-order valence-corrected chi connectivity index (χ4v) is 3.43. The number of halogens is 5. The van der Waals surface area contributed by atoms with E-state index in [1.54, 1.807) is 13.0 Å². The summed E-state index contributed by atoms with van der Waals surface area (Å²) in [5.41, 5.74) is -2.45. The van der Waals surface area contributed by atoms with Crippen molar-refractivity contribution in [2.45, 2.75) is 25.1 Å². The number of carbonyl (C=O) groups excluding carboxylic acids is 1. The number of hydrogen-bond donors (Lipinski definition) is 2. The summed E-state index contributed by atoms with van der Waals surface area (Å²) in [5, 5.41) is 4.98. The minimum atomic E-state index is -4.81. The number of alkyl halides is 3. The lowest BCUT2D eigenvalue weighted by atomic mass is 9.85. The predicted molar refractivity (Wildman–Crippen MR) is 113 cm³/mol.